The molecule has 0 unspecified atom stereocenters. The molecule has 1 spiro atoms. The van der Waals surface area contributed by atoms with Gasteiger partial charge in [-0.2, -0.15) is 5.26 Å². The first-order chi connectivity index (χ1) is 17.7. The van der Waals surface area contributed by atoms with Crippen LogP contribution in [0.4, 0.5) is 8.78 Å². The van der Waals surface area contributed by atoms with Crippen molar-refractivity contribution in [2.45, 2.75) is 45.2 Å². The number of amides is 1. The number of aliphatic imine (C=N–C) groups is 1. The zero-order valence-electron chi connectivity index (χ0n) is 20.9. The second-order valence-electron chi connectivity index (χ2n) is 10.9. The molecule has 0 saturated heterocycles. The molecule has 0 N–H and O–H groups in total. The molecule has 1 saturated carbocycles. The minimum atomic E-state index is -2.90. The molecule has 1 fully saturated rings. The van der Waals surface area contributed by atoms with Gasteiger partial charge in [-0.3, -0.25) is 19.6 Å². The van der Waals surface area contributed by atoms with Crippen molar-refractivity contribution in [3.05, 3.63) is 82.1 Å². The number of nitriles is 1. The number of nitrogens with zero attached hydrogens (tertiary/aromatic N) is 5. The average molecular weight is 502 g/mol. The summed E-state index contributed by atoms with van der Waals surface area (Å²) in [6.45, 7) is 4.80. The Morgan fingerprint density at radius 3 is 2.59 bits per heavy atom. The maximum Gasteiger partial charge on any atom is 0.270 e. The van der Waals surface area contributed by atoms with Crippen molar-refractivity contribution in [3.8, 4) is 6.07 Å². The van der Waals surface area contributed by atoms with E-state index in [1.807, 2.05) is 18.2 Å². The van der Waals surface area contributed by atoms with Crippen LogP contribution < -0.4 is 0 Å². The lowest BCUT2D eigenvalue weighted by atomic mass is 9.96. The molecular weight excluding hydrogens is 472 g/mol. The van der Waals surface area contributed by atoms with E-state index in [1.165, 1.54) is 12.1 Å². The molecule has 0 radical (unpaired) electrons. The molecule has 8 heteroatoms. The van der Waals surface area contributed by atoms with E-state index in [4.69, 9.17) is 4.99 Å². The van der Waals surface area contributed by atoms with Crippen LogP contribution in [0.5, 0.6) is 0 Å². The maximum atomic E-state index is 13.9. The lowest BCUT2D eigenvalue weighted by Crippen LogP contribution is -2.58. The first-order valence-electron chi connectivity index (χ1n) is 12.8. The van der Waals surface area contributed by atoms with Crippen LogP contribution in [0.3, 0.4) is 0 Å². The Hall–Kier alpha value is -3.57. The summed E-state index contributed by atoms with van der Waals surface area (Å²) in [5, 5.41) is 9.24. The fraction of sp³-hybridized carbons (Fsp3) is 0.414. The van der Waals surface area contributed by atoms with Crippen LogP contribution in [0.2, 0.25) is 0 Å². The first-order valence-corrected chi connectivity index (χ1v) is 12.8. The molecule has 0 aromatic heterocycles. The number of carbonyl (C=O) groups is 1. The zero-order valence-corrected chi connectivity index (χ0v) is 20.9. The minimum Gasteiger partial charge on any atom is -0.315 e. The summed E-state index contributed by atoms with van der Waals surface area (Å²) in [5.41, 5.74) is 4.52. The Labute approximate surface area is 215 Å². The topological polar surface area (TPSA) is 62.9 Å². The van der Waals surface area contributed by atoms with Gasteiger partial charge in [0.05, 0.1) is 30.3 Å². The van der Waals surface area contributed by atoms with Crippen molar-refractivity contribution in [2.24, 2.45) is 10.4 Å². The number of halogens is 2. The highest BCUT2D eigenvalue weighted by atomic mass is 19.3. The van der Waals surface area contributed by atoms with Crippen molar-refractivity contribution in [2.75, 3.05) is 26.2 Å². The lowest BCUT2D eigenvalue weighted by Gasteiger charge is -2.47. The predicted octanol–water partition coefficient (Wildman–Crippen LogP) is 4.62. The molecule has 3 aliphatic heterocycles. The highest BCUT2D eigenvalue weighted by Gasteiger charge is 2.51. The van der Waals surface area contributed by atoms with E-state index in [1.54, 1.807) is 23.1 Å². The Morgan fingerprint density at radius 1 is 1.11 bits per heavy atom. The van der Waals surface area contributed by atoms with E-state index in [-0.39, 0.29) is 23.4 Å². The van der Waals surface area contributed by atoms with Crippen LogP contribution in [0.15, 0.2) is 64.8 Å². The second kappa shape index (κ2) is 8.77. The van der Waals surface area contributed by atoms with Crippen LogP contribution in [-0.2, 0) is 23.8 Å². The van der Waals surface area contributed by atoms with E-state index < -0.39 is 5.92 Å². The molecule has 1 aliphatic carbocycles. The number of rotatable bonds is 5. The van der Waals surface area contributed by atoms with Gasteiger partial charge in [-0.1, -0.05) is 36.4 Å². The van der Waals surface area contributed by atoms with Crippen molar-refractivity contribution in [1.29, 1.82) is 5.26 Å². The number of benzene rings is 2. The molecule has 6 rings (SSSR count). The molecule has 0 atom stereocenters. The Kier molecular flexibility index (Phi) is 5.64. The number of fused-ring (bicyclic) bond motifs is 2. The van der Waals surface area contributed by atoms with Crippen LogP contribution in [0.1, 0.15) is 48.4 Å². The van der Waals surface area contributed by atoms with Crippen LogP contribution in [-0.4, -0.2) is 52.7 Å². The molecule has 2 aromatic carbocycles. The third-order valence-electron chi connectivity index (χ3n) is 7.98. The zero-order chi connectivity index (χ0) is 25.8. The molecule has 2 aromatic rings. The molecule has 1 amide bonds. The highest BCUT2D eigenvalue weighted by molar-refractivity contribution is 6.09. The van der Waals surface area contributed by atoms with E-state index in [9.17, 15) is 18.8 Å². The molecule has 0 bridgehead atoms. The van der Waals surface area contributed by atoms with Crippen molar-refractivity contribution in [1.82, 2.24) is 14.7 Å². The molecular formula is C29H29F2N5O. The van der Waals surface area contributed by atoms with Gasteiger partial charge < -0.3 is 4.90 Å². The Morgan fingerprint density at radius 2 is 1.89 bits per heavy atom. The SMILES string of the molecule is CC(F)(F)c1ccc(CN2C(=O)C3=C(CCN(Cc4cccc(C#N)c4)C3)N3CC4(CC4)CN=C23)cc1. The predicted molar refractivity (Wildman–Crippen MR) is 135 cm³/mol. The lowest BCUT2D eigenvalue weighted by molar-refractivity contribution is -0.125. The normalized spacial score (nSPS) is 20.9. The third kappa shape index (κ3) is 4.53. The van der Waals surface area contributed by atoms with Gasteiger partial charge in [0.1, 0.15) is 0 Å². The Bertz CT molecular complexity index is 1350. The number of hydrogen-bond donors (Lipinski definition) is 0. The van der Waals surface area contributed by atoms with Crippen molar-refractivity contribution >= 4 is 11.9 Å². The largest absolute Gasteiger partial charge is 0.315 e. The fourth-order valence-electron chi connectivity index (χ4n) is 5.63. The van der Waals surface area contributed by atoms with Crippen molar-refractivity contribution < 1.29 is 13.6 Å². The summed E-state index contributed by atoms with van der Waals surface area (Å²) in [6.07, 6.45) is 3.08. The van der Waals surface area contributed by atoms with E-state index in [2.05, 4.69) is 15.9 Å². The van der Waals surface area contributed by atoms with Crippen LogP contribution in [0.25, 0.3) is 0 Å². The fourth-order valence-corrected chi connectivity index (χ4v) is 5.63. The molecule has 4 aliphatic rings. The maximum absolute atomic E-state index is 13.9. The summed E-state index contributed by atoms with van der Waals surface area (Å²) in [5.74, 6) is -2.26. The van der Waals surface area contributed by atoms with E-state index in [0.717, 1.165) is 68.2 Å². The monoisotopic (exact) mass is 501 g/mol. The summed E-state index contributed by atoms with van der Waals surface area (Å²) in [4.78, 5) is 25.0. The molecule has 3 heterocycles. The van der Waals surface area contributed by atoms with E-state index in [0.29, 0.717) is 24.6 Å². The van der Waals surface area contributed by atoms with Crippen LogP contribution >= 0.6 is 0 Å². The van der Waals surface area contributed by atoms with Gasteiger partial charge in [0, 0.05) is 56.2 Å². The molecule has 190 valence electrons. The Balaban J connectivity index is 1.28. The summed E-state index contributed by atoms with van der Waals surface area (Å²) in [7, 11) is 0. The third-order valence-corrected chi connectivity index (χ3v) is 7.98. The van der Waals surface area contributed by atoms with Crippen molar-refractivity contribution in [3.63, 3.8) is 0 Å². The number of alkyl halides is 2. The molecule has 37 heavy (non-hydrogen) atoms. The summed E-state index contributed by atoms with van der Waals surface area (Å²) < 4.78 is 27.4. The average Bonchev–Trinajstić information content (AvgIpc) is 3.64. The number of hydrogen-bond acceptors (Lipinski definition) is 5. The summed E-state index contributed by atoms with van der Waals surface area (Å²) >= 11 is 0. The van der Waals surface area contributed by atoms with Gasteiger partial charge in [0.15, 0.2) is 0 Å². The van der Waals surface area contributed by atoms with Gasteiger partial charge in [0.2, 0.25) is 5.96 Å². The number of carbonyl (C=O) groups excluding carboxylic acids is 1. The second-order valence-corrected chi connectivity index (χ2v) is 10.9. The molecule has 6 nitrogen and oxygen atoms in total. The van der Waals surface area contributed by atoms with Gasteiger partial charge in [-0.05, 0) is 36.1 Å². The van der Waals surface area contributed by atoms with Gasteiger partial charge in [0.25, 0.3) is 11.8 Å². The minimum absolute atomic E-state index is 0.0399. The highest BCUT2D eigenvalue weighted by Crippen LogP contribution is 2.50. The van der Waals surface area contributed by atoms with E-state index >= 15 is 0 Å². The number of guanidine groups is 1. The first kappa shape index (κ1) is 23.8. The van der Waals surface area contributed by atoms with Crippen LogP contribution in [0, 0.1) is 16.7 Å². The van der Waals surface area contributed by atoms with Gasteiger partial charge >= 0.3 is 0 Å². The standard InChI is InChI=1S/C29H29F2N5O/c1-28(30,31)23-7-5-20(6-8-23)16-35-26(37)24-17-34(15-22-4-2-3-21(13-22)14-32)12-9-25(24)36-19-29(10-11-29)18-33-27(35)36/h2-8,13H,9-12,15-19H2,1H3. The smallest absolute Gasteiger partial charge is 0.270 e. The quantitative estimate of drug-likeness (QED) is 0.600. The van der Waals surface area contributed by atoms with Gasteiger partial charge in [-0.15, -0.1) is 0 Å². The van der Waals surface area contributed by atoms with Gasteiger partial charge in [-0.25, -0.2) is 8.78 Å². The summed E-state index contributed by atoms with van der Waals surface area (Å²) in [6, 6.07) is 16.0.